The van der Waals surface area contributed by atoms with Crippen LogP contribution in [0.15, 0.2) is 54.9 Å². The van der Waals surface area contributed by atoms with Gasteiger partial charge in [-0.3, -0.25) is 9.78 Å². The Morgan fingerprint density at radius 2 is 1.86 bits per heavy atom. The normalized spacial score (nSPS) is 11.1. The number of hydrogen-bond acceptors (Lipinski definition) is 4. The van der Waals surface area contributed by atoms with Crippen molar-refractivity contribution in [3.05, 3.63) is 60.4 Å². The van der Waals surface area contributed by atoms with Crippen LogP contribution in [-0.4, -0.2) is 47.0 Å². The van der Waals surface area contributed by atoms with E-state index in [0.29, 0.717) is 12.1 Å². The van der Waals surface area contributed by atoms with Crippen molar-refractivity contribution in [3.8, 4) is 11.3 Å². The molecule has 2 heterocycles. The number of benzene rings is 1. The van der Waals surface area contributed by atoms with Crippen molar-refractivity contribution >= 4 is 16.8 Å². The molecule has 0 saturated carbocycles. The first-order chi connectivity index (χ1) is 13.7. The molecular formula is C23H28N4O. The average Bonchev–Trinajstić information content (AvgIpc) is 2.75. The molecule has 0 atom stereocenters. The number of rotatable bonds is 9. The van der Waals surface area contributed by atoms with Gasteiger partial charge in [0.2, 0.25) is 0 Å². The summed E-state index contributed by atoms with van der Waals surface area (Å²) in [5.41, 5.74) is 3.21. The van der Waals surface area contributed by atoms with Crippen LogP contribution in [0.3, 0.4) is 0 Å². The molecule has 1 N–H and O–H groups in total. The fraction of sp³-hybridized carbons (Fsp3) is 0.348. The van der Waals surface area contributed by atoms with Crippen LogP contribution in [0.4, 0.5) is 0 Å². The van der Waals surface area contributed by atoms with Gasteiger partial charge in [0.25, 0.3) is 5.91 Å². The first kappa shape index (κ1) is 20.0. The number of pyridine rings is 2. The Hall–Kier alpha value is -2.79. The third kappa shape index (κ3) is 4.93. The predicted octanol–water partition coefficient (Wildman–Crippen LogP) is 4.15. The fourth-order valence-corrected chi connectivity index (χ4v) is 3.27. The zero-order valence-electron chi connectivity index (χ0n) is 16.7. The van der Waals surface area contributed by atoms with Crippen molar-refractivity contribution in [2.75, 3.05) is 26.2 Å². The van der Waals surface area contributed by atoms with E-state index in [1.165, 1.54) is 12.8 Å². The molecule has 5 nitrogen and oxygen atoms in total. The topological polar surface area (TPSA) is 58.1 Å². The zero-order chi connectivity index (χ0) is 19.8. The molecule has 28 heavy (non-hydrogen) atoms. The highest BCUT2D eigenvalue weighted by atomic mass is 16.1. The van der Waals surface area contributed by atoms with Gasteiger partial charge >= 0.3 is 0 Å². The lowest BCUT2D eigenvalue weighted by atomic mass is 10.0. The number of aromatic nitrogens is 2. The van der Waals surface area contributed by atoms with E-state index in [-0.39, 0.29) is 5.91 Å². The maximum absolute atomic E-state index is 13.0. The van der Waals surface area contributed by atoms with Gasteiger partial charge in [0.15, 0.2) is 0 Å². The van der Waals surface area contributed by atoms with Gasteiger partial charge in [0.05, 0.1) is 16.8 Å². The van der Waals surface area contributed by atoms with Crippen LogP contribution in [0, 0.1) is 0 Å². The van der Waals surface area contributed by atoms with Gasteiger partial charge in [-0.1, -0.05) is 38.5 Å². The van der Waals surface area contributed by atoms with Crippen molar-refractivity contribution < 1.29 is 4.79 Å². The van der Waals surface area contributed by atoms with E-state index < -0.39 is 0 Å². The molecular weight excluding hydrogens is 348 g/mol. The Kier molecular flexibility index (Phi) is 7.09. The molecule has 3 rings (SSSR count). The average molecular weight is 377 g/mol. The number of hydrogen-bond donors (Lipinski definition) is 1. The number of fused-ring (bicyclic) bond motifs is 1. The van der Waals surface area contributed by atoms with Crippen LogP contribution in [-0.2, 0) is 0 Å². The number of unbranched alkanes of at least 4 members (excludes halogenated alkanes) is 1. The summed E-state index contributed by atoms with van der Waals surface area (Å²) < 4.78 is 0. The first-order valence-electron chi connectivity index (χ1n) is 10.0. The first-order valence-corrected chi connectivity index (χ1v) is 10.0. The molecule has 1 amide bonds. The number of likely N-dealkylation sites (N-methyl/N-ethyl adjacent to an activating group) is 1. The van der Waals surface area contributed by atoms with E-state index in [9.17, 15) is 4.79 Å². The van der Waals surface area contributed by atoms with Crippen molar-refractivity contribution in [2.45, 2.75) is 26.7 Å². The van der Waals surface area contributed by atoms with E-state index in [1.807, 2.05) is 42.5 Å². The zero-order valence-corrected chi connectivity index (χ0v) is 16.7. The second-order valence-electron chi connectivity index (χ2n) is 6.85. The molecule has 0 fully saturated rings. The highest BCUT2D eigenvalue weighted by Gasteiger charge is 2.14. The van der Waals surface area contributed by atoms with Gasteiger partial charge in [-0.25, -0.2) is 4.98 Å². The maximum Gasteiger partial charge on any atom is 0.252 e. The van der Waals surface area contributed by atoms with E-state index in [1.54, 1.807) is 12.4 Å². The number of carbonyl (C=O) groups is 1. The smallest absolute Gasteiger partial charge is 0.252 e. The lowest BCUT2D eigenvalue weighted by Crippen LogP contribution is -2.35. The van der Waals surface area contributed by atoms with Gasteiger partial charge in [-0.05, 0) is 43.8 Å². The SMILES string of the molecule is CCCCN(CC)CCNC(=O)c1cc(-c2ccncc2)nc2ccccc12. The third-order valence-electron chi connectivity index (χ3n) is 4.93. The fourth-order valence-electron chi connectivity index (χ4n) is 3.27. The number of nitrogens with zero attached hydrogens (tertiary/aromatic N) is 3. The predicted molar refractivity (Wildman–Crippen MR) is 114 cm³/mol. The molecule has 0 aliphatic rings. The van der Waals surface area contributed by atoms with Crippen molar-refractivity contribution in [1.82, 2.24) is 20.2 Å². The minimum Gasteiger partial charge on any atom is -0.351 e. The Bertz CT molecular complexity index is 911. The van der Waals surface area contributed by atoms with Crippen LogP contribution in [0.1, 0.15) is 37.0 Å². The summed E-state index contributed by atoms with van der Waals surface area (Å²) in [6.07, 6.45) is 5.85. The van der Waals surface area contributed by atoms with Gasteiger partial charge in [-0.2, -0.15) is 0 Å². The lowest BCUT2D eigenvalue weighted by molar-refractivity contribution is 0.0950. The highest BCUT2D eigenvalue weighted by Crippen LogP contribution is 2.24. The van der Waals surface area contributed by atoms with Crippen molar-refractivity contribution in [2.24, 2.45) is 0 Å². The number of para-hydroxylation sites is 1. The molecule has 0 unspecified atom stereocenters. The molecule has 0 aliphatic heterocycles. The summed E-state index contributed by atoms with van der Waals surface area (Å²) in [5.74, 6) is -0.0551. The summed E-state index contributed by atoms with van der Waals surface area (Å²) in [4.78, 5) is 24.1. The molecule has 5 heteroatoms. The quantitative estimate of drug-likeness (QED) is 0.609. The van der Waals surface area contributed by atoms with Gasteiger partial charge in [-0.15, -0.1) is 0 Å². The molecule has 0 spiro atoms. The third-order valence-corrected chi connectivity index (χ3v) is 4.93. The van der Waals surface area contributed by atoms with Gasteiger partial charge in [0.1, 0.15) is 0 Å². The Balaban J connectivity index is 1.80. The second-order valence-corrected chi connectivity index (χ2v) is 6.85. The highest BCUT2D eigenvalue weighted by molar-refractivity contribution is 6.07. The van der Waals surface area contributed by atoms with Crippen LogP contribution in [0.25, 0.3) is 22.2 Å². The Morgan fingerprint density at radius 1 is 1.07 bits per heavy atom. The van der Waals surface area contributed by atoms with Crippen LogP contribution >= 0.6 is 0 Å². The van der Waals surface area contributed by atoms with Gasteiger partial charge < -0.3 is 10.2 Å². The standard InChI is InChI=1S/C23H28N4O/c1-3-5-15-27(4-2)16-14-25-23(28)20-17-22(18-10-12-24-13-11-18)26-21-9-7-6-8-19(20)21/h6-13,17H,3-5,14-16H2,1-2H3,(H,25,28). The van der Waals surface area contributed by atoms with Crippen LogP contribution in [0.5, 0.6) is 0 Å². The minimum absolute atomic E-state index is 0.0551. The molecule has 0 bridgehead atoms. The molecule has 146 valence electrons. The molecule has 2 aromatic heterocycles. The summed E-state index contributed by atoms with van der Waals surface area (Å²) in [6, 6.07) is 13.5. The monoisotopic (exact) mass is 376 g/mol. The number of carbonyl (C=O) groups excluding carboxylic acids is 1. The summed E-state index contributed by atoms with van der Waals surface area (Å²) in [5, 5.41) is 3.96. The Labute approximate surface area is 166 Å². The molecule has 1 aromatic carbocycles. The second kappa shape index (κ2) is 9.95. The molecule has 3 aromatic rings. The minimum atomic E-state index is -0.0551. The van der Waals surface area contributed by atoms with E-state index in [0.717, 1.165) is 41.8 Å². The summed E-state index contributed by atoms with van der Waals surface area (Å²) in [7, 11) is 0. The Morgan fingerprint density at radius 3 is 2.61 bits per heavy atom. The number of nitrogens with one attached hydrogen (secondary N) is 1. The van der Waals surface area contributed by atoms with Crippen molar-refractivity contribution in [3.63, 3.8) is 0 Å². The van der Waals surface area contributed by atoms with E-state index >= 15 is 0 Å². The van der Waals surface area contributed by atoms with Crippen LogP contribution < -0.4 is 5.32 Å². The van der Waals surface area contributed by atoms with Crippen LogP contribution in [0.2, 0.25) is 0 Å². The molecule has 0 aliphatic carbocycles. The summed E-state index contributed by atoms with van der Waals surface area (Å²) in [6.45, 7) is 7.94. The molecule has 0 saturated heterocycles. The van der Waals surface area contributed by atoms with Crippen molar-refractivity contribution in [1.29, 1.82) is 0 Å². The lowest BCUT2D eigenvalue weighted by Gasteiger charge is -2.20. The summed E-state index contributed by atoms with van der Waals surface area (Å²) >= 11 is 0. The van der Waals surface area contributed by atoms with E-state index in [4.69, 9.17) is 4.98 Å². The van der Waals surface area contributed by atoms with E-state index in [2.05, 4.69) is 29.0 Å². The maximum atomic E-state index is 13.0. The van der Waals surface area contributed by atoms with Gasteiger partial charge in [0, 0.05) is 36.4 Å². The largest absolute Gasteiger partial charge is 0.351 e. The number of amides is 1. The molecule has 0 radical (unpaired) electrons.